The van der Waals surface area contributed by atoms with Gasteiger partial charge in [-0.15, -0.1) is 0 Å². The molecule has 0 atom stereocenters. The molecule has 2 fully saturated rings. The van der Waals surface area contributed by atoms with Crippen molar-refractivity contribution in [2.24, 2.45) is 0 Å². The molecule has 5 nitrogen and oxygen atoms in total. The quantitative estimate of drug-likeness (QED) is 0.782. The summed E-state index contributed by atoms with van der Waals surface area (Å²) in [6, 6.07) is 14.1. The van der Waals surface area contributed by atoms with Crippen LogP contribution in [0.4, 0.5) is 10.1 Å². The lowest BCUT2D eigenvalue weighted by Crippen LogP contribution is -2.49. The van der Waals surface area contributed by atoms with Gasteiger partial charge in [-0.05, 0) is 48.7 Å². The third kappa shape index (κ3) is 4.65. The van der Waals surface area contributed by atoms with Gasteiger partial charge >= 0.3 is 0 Å². The maximum Gasteiger partial charge on any atom is 0.254 e. The lowest BCUT2D eigenvalue weighted by molar-refractivity contribution is -0.117. The van der Waals surface area contributed by atoms with Gasteiger partial charge in [0, 0.05) is 56.9 Å². The smallest absolute Gasteiger partial charge is 0.254 e. The van der Waals surface area contributed by atoms with Gasteiger partial charge in [0.15, 0.2) is 0 Å². The van der Waals surface area contributed by atoms with Crippen LogP contribution in [0.2, 0.25) is 0 Å². The summed E-state index contributed by atoms with van der Waals surface area (Å²) in [6.07, 6.45) is 2.33. The first kappa shape index (κ1) is 19.6. The fourth-order valence-corrected chi connectivity index (χ4v) is 4.02. The molecule has 0 saturated carbocycles. The van der Waals surface area contributed by atoms with E-state index in [0.29, 0.717) is 25.1 Å². The molecular formula is C23H26FN3O2. The highest BCUT2D eigenvalue weighted by atomic mass is 19.1. The molecule has 2 saturated heterocycles. The Bertz CT molecular complexity index is 876. The number of nitrogens with zero attached hydrogens (tertiary/aromatic N) is 3. The second kappa shape index (κ2) is 8.74. The number of carbonyl (C=O) groups is 2. The highest BCUT2D eigenvalue weighted by Gasteiger charge is 2.25. The minimum absolute atomic E-state index is 0.0247. The van der Waals surface area contributed by atoms with Crippen molar-refractivity contribution in [2.45, 2.75) is 19.3 Å². The van der Waals surface area contributed by atoms with Crippen LogP contribution in [0.15, 0.2) is 48.5 Å². The first-order valence-electron chi connectivity index (χ1n) is 10.3. The maximum atomic E-state index is 13.0. The van der Waals surface area contributed by atoms with E-state index in [9.17, 15) is 14.0 Å². The first-order chi connectivity index (χ1) is 14.1. The van der Waals surface area contributed by atoms with Gasteiger partial charge in [0.05, 0.1) is 0 Å². The van der Waals surface area contributed by atoms with E-state index in [1.54, 1.807) is 4.90 Å². The second-order valence-corrected chi connectivity index (χ2v) is 7.71. The number of benzene rings is 2. The molecule has 0 spiro atoms. The summed E-state index contributed by atoms with van der Waals surface area (Å²) in [4.78, 5) is 30.9. The van der Waals surface area contributed by atoms with Gasteiger partial charge in [-0.25, -0.2) is 4.39 Å². The third-order valence-electron chi connectivity index (χ3n) is 5.77. The Hall–Kier alpha value is -2.73. The minimum Gasteiger partial charge on any atom is -0.336 e. The Labute approximate surface area is 170 Å². The minimum atomic E-state index is -0.209. The number of amides is 2. The van der Waals surface area contributed by atoms with Gasteiger partial charge in [0.2, 0.25) is 5.91 Å². The van der Waals surface area contributed by atoms with E-state index >= 15 is 0 Å². The van der Waals surface area contributed by atoms with Crippen molar-refractivity contribution in [1.29, 1.82) is 0 Å². The van der Waals surface area contributed by atoms with Crippen molar-refractivity contribution < 1.29 is 14.0 Å². The zero-order valence-corrected chi connectivity index (χ0v) is 16.5. The van der Waals surface area contributed by atoms with E-state index in [0.717, 1.165) is 50.3 Å². The lowest BCUT2D eigenvalue weighted by Gasteiger charge is -2.35. The number of hydrogen-bond donors (Lipinski definition) is 0. The molecule has 6 heteroatoms. The maximum absolute atomic E-state index is 13.0. The molecule has 0 bridgehead atoms. The number of rotatable bonds is 5. The summed E-state index contributed by atoms with van der Waals surface area (Å²) in [5.74, 6) is -0.0555. The molecule has 2 heterocycles. The molecule has 0 aromatic heterocycles. The molecule has 2 amide bonds. The standard InChI is InChI=1S/C23H26FN3O2/c24-20-8-6-18(7-9-20)10-12-25-13-15-26(16-14-25)23(29)19-3-1-4-21(17-19)27-11-2-5-22(27)28/h1,3-4,6-9,17H,2,5,10-16H2. The number of anilines is 1. The van der Waals surface area contributed by atoms with E-state index in [1.165, 1.54) is 12.1 Å². The van der Waals surface area contributed by atoms with Crippen LogP contribution in [0, 0.1) is 5.82 Å². The molecule has 2 aromatic rings. The molecule has 29 heavy (non-hydrogen) atoms. The van der Waals surface area contributed by atoms with Gasteiger partial charge in [-0.3, -0.25) is 14.5 Å². The Balaban J connectivity index is 1.31. The van der Waals surface area contributed by atoms with Crippen LogP contribution in [0.5, 0.6) is 0 Å². The molecule has 4 rings (SSSR count). The van der Waals surface area contributed by atoms with Crippen LogP contribution >= 0.6 is 0 Å². The molecule has 152 valence electrons. The Morgan fingerprint density at radius 2 is 1.72 bits per heavy atom. The fourth-order valence-electron chi connectivity index (χ4n) is 4.02. The predicted octanol–water partition coefficient (Wildman–Crippen LogP) is 2.95. The number of piperazine rings is 1. The molecule has 0 aliphatic carbocycles. The van der Waals surface area contributed by atoms with Crippen molar-refractivity contribution in [2.75, 3.05) is 44.2 Å². The van der Waals surface area contributed by atoms with E-state index in [4.69, 9.17) is 0 Å². The van der Waals surface area contributed by atoms with Crippen LogP contribution < -0.4 is 4.90 Å². The van der Waals surface area contributed by atoms with Crippen molar-refractivity contribution in [3.63, 3.8) is 0 Å². The topological polar surface area (TPSA) is 43.9 Å². The van der Waals surface area contributed by atoms with Crippen LogP contribution in [-0.4, -0.2) is 60.9 Å². The summed E-state index contributed by atoms with van der Waals surface area (Å²) in [5.41, 5.74) is 2.58. The van der Waals surface area contributed by atoms with E-state index in [-0.39, 0.29) is 17.6 Å². The normalized spacial score (nSPS) is 17.8. The van der Waals surface area contributed by atoms with Crippen molar-refractivity contribution in [1.82, 2.24) is 9.80 Å². The average Bonchev–Trinajstić information content (AvgIpc) is 3.19. The van der Waals surface area contributed by atoms with Gasteiger partial charge in [0.1, 0.15) is 5.82 Å². The van der Waals surface area contributed by atoms with Crippen LogP contribution in [0.3, 0.4) is 0 Å². The fraction of sp³-hybridized carbons (Fsp3) is 0.391. The molecule has 0 N–H and O–H groups in total. The Kier molecular flexibility index (Phi) is 5.90. The Morgan fingerprint density at radius 1 is 0.966 bits per heavy atom. The monoisotopic (exact) mass is 395 g/mol. The van der Waals surface area contributed by atoms with Gasteiger partial charge in [-0.2, -0.15) is 0 Å². The highest BCUT2D eigenvalue weighted by Crippen LogP contribution is 2.23. The third-order valence-corrected chi connectivity index (χ3v) is 5.77. The summed E-state index contributed by atoms with van der Waals surface area (Å²) in [7, 11) is 0. The number of hydrogen-bond acceptors (Lipinski definition) is 3. The van der Waals surface area contributed by atoms with Crippen molar-refractivity contribution in [3.8, 4) is 0 Å². The van der Waals surface area contributed by atoms with Crippen molar-refractivity contribution in [3.05, 3.63) is 65.5 Å². The summed E-state index contributed by atoms with van der Waals surface area (Å²) >= 11 is 0. The molecule has 2 aliphatic heterocycles. The highest BCUT2D eigenvalue weighted by molar-refractivity contribution is 5.99. The zero-order chi connectivity index (χ0) is 20.2. The molecule has 2 aliphatic rings. The number of halogens is 1. The lowest BCUT2D eigenvalue weighted by atomic mass is 10.1. The van der Waals surface area contributed by atoms with Gasteiger partial charge in [0.25, 0.3) is 5.91 Å². The summed E-state index contributed by atoms with van der Waals surface area (Å²) in [5, 5.41) is 0. The van der Waals surface area contributed by atoms with Crippen LogP contribution in [0.1, 0.15) is 28.8 Å². The van der Waals surface area contributed by atoms with Crippen LogP contribution in [-0.2, 0) is 11.2 Å². The molecule has 0 radical (unpaired) electrons. The largest absolute Gasteiger partial charge is 0.336 e. The second-order valence-electron chi connectivity index (χ2n) is 7.71. The van der Waals surface area contributed by atoms with E-state index < -0.39 is 0 Å². The molecule has 2 aromatic carbocycles. The summed E-state index contributed by atoms with van der Waals surface area (Å²) < 4.78 is 13.0. The van der Waals surface area contributed by atoms with Gasteiger partial charge < -0.3 is 9.80 Å². The molecule has 0 unspecified atom stereocenters. The van der Waals surface area contributed by atoms with Crippen molar-refractivity contribution >= 4 is 17.5 Å². The summed E-state index contributed by atoms with van der Waals surface area (Å²) in [6.45, 7) is 4.67. The van der Waals surface area contributed by atoms with E-state index in [2.05, 4.69) is 4.90 Å². The van der Waals surface area contributed by atoms with Gasteiger partial charge in [-0.1, -0.05) is 18.2 Å². The predicted molar refractivity (Wildman–Crippen MR) is 110 cm³/mol. The average molecular weight is 395 g/mol. The first-order valence-corrected chi connectivity index (χ1v) is 10.3. The van der Waals surface area contributed by atoms with Crippen LogP contribution in [0.25, 0.3) is 0 Å². The zero-order valence-electron chi connectivity index (χ0n) is 16.5. The number of carbonyl (C=O) groups excluding carboxylic acids is 2. The molecular weight excluding hydrogens is 369 g/mol. The van der Waals surface area contributed by atoms with E-state index in [1.807, 2.05) is 41.3 Å². The SMILES string of the molecule is O=C(c1cccc(N2CCCC2=O)c1)N1CCN(CCc2ccc(F)cc2)CC1. The Morgan fingerprint density at radius 3 is 2.41 bits per heavy atom.